The van der Waals surface area contributed by atoms with E-state index in [1.165, 1.54) is 0 Å². The Morgan fingerprint density at radius 3 is 3.07 bits per heavy atom. The van der Waals surface area contributed by atoms with Gasteiger partial charge in [-0.05, 0) is 23.8 Å². The van der Waals surface area contributed by atoms with Crippen LogP contribution in [0.1, 0.15) is 10.7 Å². The van der Waals surface area contributed by atoms with Gasteiger partial charge in [0.2, 0.25) is 12.7 Å². The van der Waals surface area contributed by atoms with Crippen molar-refractivity contribution >= 4 is 40.1 Å². The van der Waals surface area contributed by atoms with Crippen LogP contribution in [0.4, 0.5) is 5.95 Å². The summed E-state index contributed by atoms with van der Waals surface area (Å²) in [6.45, 7) is 0.818. The largest absolute Gasteiger partial charge is 0.454 e. The molecule has 3 aromatic heterocycles. The van der Waals surface area contributed by atoms with Gasteiger partial charge in [0.15, 0.2) is 17.1 Å². The molecule has 28 heavy (non-hydrogen) atoms. The molecule has 2 N–H and O–H groups in total. The Morgan fingerprint density at radius 2 is 2.11 bits per heavy atom. The normalized spacial score (nSPS) is 14.7. The van der Waals surface area contributed by atoms with Gasteiger partial charge in [-0.15, -0.1) is 23.1 Å². The Balaban J connectivity index is 1.36. The number of hydrogen-bond acceptors (Lipinski definition) is 9. The van der Waals surface area contributed by atoms with Crippen LogP contribution in [0.5, 0.6) is 11.5 Å². The third kappa shape index (κ3) is 2.52. The highest BCUT2D eigenvalue weighted by atomic mass is 32.2. The highest BCUT2D eigenvalue weighted by Crippen LogP contribution is 2.38. The van der Waals surface area contributed by atoms with Gasteiger partial charge in [0.25, 0.3) is 0 Å². The first-order valence-electron chi connectivity index (χ1n) is 8.75. The van der Waals surface area contributed by atoms with Gasteiger partial charge in [-0.3, -0.25) is 0 Å². The number of benzene rings is 1. The van der Waals surface area contributed by atoms with Crippen LogP contribution in [0.3, 0.4) is 0 Å². The van der Waals surface area contributed by atoms with E-state index in [1.54, 1.807) is 23.1 Å². The third-order valence-electron chi connectivity index (χ3n) is 4.72. The number of anilines is 1. The summed E-state index contributed by atoms with van der Waals surface area (Å²) in [5, 5.41) is 7.67. The number of aromatic nitrogens is 5. The first-order chi connectivity index (χ1) is 13.7. The lowest BCUT2D eigenvalue weighted by atomic mass is 10.2. The van der Waals surface area contributed by atoms with E-state index in [4.69, 9.17) is 20.3 Å². The fraction of sp³-hybridized carbons (Fsp3) is 0.222. The summed E-state index contributed by atoms with van der Waals surface area (Å²) >= 11 is 3.33. The van der Waals surface area contributed by atoms with Gasteiger partial charge in [0.05, 0.1) is 22.5 Å². The van der Waals surface area contributed by atoms with E-state index < -0.39 is 0 Å². The van der Waals surface area contributed by atoms with Gasteiger partial charge >= 0.3 is 0 Å². The number of nitrogens with zero attached hydrogens (tertiary/aromatic N) is 5. The summed E-state index contributed by atoms with van der Waals surface area (Å²) in [5.74, 6) is 2.79. The molecule has 0 bridgehead atoms. The van der Waals surface area contributed by atoms with Gasteiger partial charge in [-0.2, -0.15) is 10.1 Å². The van der Waals surface area contributed by atoms with Crippen molar-refractivity contribution in [2.45, 2.75) is 18.0 Å². The van der Waals surface area contributed by atoms with Crippen LogP contribution in [0, 0.1) is 0 Å². The number of nitrogen functional groups attached to an aromatic ring is 1. The molecule has 2 aliphatic rings. The van der Waals surface area contributed by atoms with Gasteiger partial charge in [0.1, 0.15) is 10.0 Å². The van der Waals surface area contributed by atoms with E-state index in [9.17, 15) is 0 Å². The molecule has 0 saturated heterocycles. The average Bonchev–Trinajstić information content (AvgIpc) is 3.41. The summed E-state index contributed by atoms with van der Waals surface area (Å²) < 4.78 is 12.7. The topological polar surface area (TPSA) is 101 Å². The SMILES string of the molecule is Nc1nc2c3c(nn(Cc4ncc(-c5ccc6c(c5)OCO6)s4)c3n1)CCS2. The van der Waals surface area contributed by atoms with E-state index in [0.29, 0.717) is 6.54 Å². The van der Waals surface area contributed by atoms with Crippen molar-refractivity contribution < 1.29 is 9.47 Å². The van der Waals surface area contributed by atoms with E-state index in [0.717, 1.165) is 60.9 Å². The Hall–Kier alpha value is -2.85. The molecule has 6 rings (SSSR count). The molecule has 4 aromatic rings. The quantitative estimate of drug-likeness (QED) is 0.515. The Morgan fingerprint density at radius 1 is 1.18 bits per heavy atom. The second-order valence-corrected chi connectivity index (χ2v) is 8.67. The zero-order valence-corrected chi connectivity index (χ0v) is 16.2. The van der Waals surface area contributed by atoms with Crippen LogP contribution >= 0.6 is 23.1 Å². The van der Waals surface area contributed by atoms with Gasteiger partial charge in [-0.1, -0.05) is 0 Å². The first-order valence-corrected chi connectivity index (χ1v) is 10.6. The summed E-state index contributed by atoms with van der Waals surface area (Å²) in [5.41, 5.74) is 8.79. The lowest BCUT2D eigenvalue weighted by molar-refractivity contribution is 0.174. The summed E-state index contributed by atoms with van der Waals surface area (Å²) in [6, 6.07) is 5.94. The highest BCUT2D eigenvalue weighted by Gasteiger charge is 2.22. The molecule has 0 amide bonds. The Kier molecular flexibility index (Phi) is 3.50. The van der Waals surface area contributed by atoms with Crippen molar-refractivity contribution in [2.75, 3.05) is 18.3 Å². The van der Waals surface area contributed by atoms with Gasteiger partial charge in [-0.25, -0.2) is 14.6 Å². The Labute approximate surface area is 167 Å². The minimum absolute atomic E-state index is 0.271. The lowest BCUT2D eigenvalue weighted by Crippen LogP contribution is -2.04. The molecule has 1 aromatic carbocycles. The first kappa shape index (κ1) is 16.1. The van der Waals surface area contributed by atoms with Crippen molar-refractivity contribution in [3.8, 4) is 21.9 Å². The van der Waals surface area contributed by atoms with Crippen LogP contribution in [-0.2, 0) is 13.0 Å². The highest BCUT2D eigenvalue weighted by molar-refractivity contribution is 7.99. The summed E-state index contributed by atoms with van der Waals surface area (Å²) in [7, 11) is 0. The number of hydrogen-bond donors (Lipinski definition) is 1. The van der Waals surface area contributed by atoms with Crippen LogP contribution < -0.4 is 15.2 Å². The van der Waals surface area contributed by atoms with E-state index in [1.807, 2.05) is 29.1 Å². The lowest BCUT2D eigenvalue weighted by Gasteiger charge is -2.08. The minimum atomic E-state index is 0.271. The van der Waals surface area contributed by atoms with Crippen LogP contribution in [0.2, 0.25) is 0 Å². The van der Waals surface area contributed by atoms with Crippen LogP contribution in [-0.4, -0.2) is 37.3 Å². The second kappa shape index (κ2) is 6.08. The average molecular weight is 410 g/mol. The molecule has 0 unspecified atom stereocenters. The predicted octanol–water partition coefficient (Wildman–Crippen LogP) is 2.96. The fourth-order valence-electron chi connectivity index (χ4n) is 3.46. The number of ether oxygens (including phenoxy) is 2. The van der Waals surface area contributed by atoms with Crippen LogP contribution in [0.25, 0.3) is 21.5 Å². The van der Waals surface area contributed by atoms with Crippen LogP contribution in [0.15, 0.2) is 29.4 Å². The number of fused-ring (bicyclic) bond motifs is 1. The van der Waals surface area contributed by atoms with Crippen molar-refractivity contribution in [2.24, 2.45) is 0 Å². The second-order valence-electron chi connectivity index (χ2n) is 6.47. The fourth-order valence-corrected chi connectivity index (χ4v) is 5.35. The van der Waals surface area contributed by atoms with Crippen molar-refractivity contribution in [3.05, 3.63) is 35.1 Å². The summed E-state index contributed by atoms with van der Waals surface area (Å²) in [4.78, 5) is 14.5. The predicted molar refractivity (Wildman–Crippen MR) is 107 cm³/mol. The molecule has 0 fully saturated rings. The molecule has 5 heterocycles. The maximum absolute atomic E-state index is 5.91. The van der Waals surface area contributed by atoms with Gasteiger partial charge in [0, 0.05) is 18.4 Å². The third-order valence-corrected chi connectivity index (χ3v) is 6.73. The monoisotopic (exact) mass is 410 g/mol. The van der Waals surface area contributed by atoms with E-state index >= 15 is 0 Å². The van der Waals surface area contributed by atoms with Crippen molar-refractivity contribution in [1.29, 1.82) is 0 Å². The van der Waals surface area contributed by atoms with E-state index in [-0.39, 0.29) is 12.7 Å². The smallest absolute Gasteiger partial charge is 0.231 e. The number of aryl methyl sites for hydroxylation is 1. The van der Waals surface area contributed by atoms with Crippen molar-refractivity contribution in [1.82, 2.24) is 24.7 Å². The molecule has 10 heteroatoms. The number of thiazole rings is 1. The molecule has 0 saturated carbocycles. The number of nitrogens with two attached hydrogens (primary N) is 1. The van der Waals surface area contributed by atoms with Crippen molar-refractivity contribution in [3.63, 3.8) is 0 Å². The molecular formula is C18H14N6O2S2. The molecule has 0 spiro atoms. The minimum Gasteiger partial charge on any atom is -0.454 e. The standard InChI is InChI=1S/C18H14N6O2S2/c19-18-21-16-15-10(3-4-27-17(15)22-18)23-24(16)7-14-20-6-13(28-14)9-1-2-11-12(5-9)26-8-25-11/h1-2,5-6H,3-4,7-8H2,(H2,19,21,22). The number of thioether (sulfide) groups is 1. The maximum Gasteiger partial charge on any atom is 0.231 e. The maximum atomic E-state index is 5.91. The molecule has 140 valence electrons. The molecular weight excluding hydrogens is 396 g/mol. The number of rotatable bonds is 3. The molecule has 8 nitrogen and oxygen atoms in total. The van der Waals surface area contributed by atoms with E-state index in [2.05, 4.69) is 15.0 Å². The molecule has 2 aliphatic heterocycles. The molecule has 0 atom stereocenters. The zero-order chi connectivity index (χ0) is 18.7. The summed E-state index contributed by atoms with van der Waals surface area (Å²) in [6.07, 6.45) is 2.79. The Bertz CT molecular complexity index is 1230. The van der Waals surface area contributed by atoms with Gasteiger partial charge < -0.3 is 15.2 Å². The molecule has 0 radical (unpaired) electrons. The zero-order valence-electron chi connectivity index (χ0n) is 14.6. The molecule has 0 aliphatic carbocycles.